The number of fused-ring (bicyclic) bond motifs is 1. The summed E-state index contributed by atoms with van der Waals surface area (Å²) < 4.78 is 2.98. The molecule has 4 nitrogen and oxygen atoms in total. The molecule has 0 bridgehead atoms. The van der Waals surface area contributed by atoms with Crippen LogP contribution in [0.1, 0.15) is 55.3 Å². The molecule has 1 aromatic carbocycles. The van der Waals surface area contributed by atoms with Gasteiger partial charge in [0.1, 0.15) is 16.5 Å². The van der Waals surface area contributed by atoms with Crippen molar-refractivity contribution in [3.63, 3.8) is 0 Å². The third kappa shape index (κ3) is 3.06. The van der Waals surface area contributed by atoms with Gasteiger partial charge in [0, 0.05) is 12.6 Å². The van der Waals surface area contributed by atoms with Gasteiger partial charge in [-0.2, -0.15) is 0 Å². The summed E-state index contributed by atoms with van der Waals surface area (Å²) >= 11 is 0. The Morgan fingerprint density at radius 1 is 0.852 bits per heavy atom. The van der Waals surface area contributed by atoms with Crippen molar-refractivity contribution in [2.24, 2.45) is 0 Å². The molecule has 148 valence electrons. The van der Waals surface area contributed by atoms with E-state index in [1.807, 2.05) is 12.1 Å². The highest BCUT2D eigenvalue weighted by Gasteiger charge is 2.56. The molecule has 2 aliphatic rings. The minimum atomic E-state index is -1.50. The number of hydrogen-bond acceptors (Lipinski definition) is 3. The summed E-state index contributed by atoms with van der Waals surface area (Å²) in [6, 6.07) is 15.5. The summed E-state index contributed by atoms with van der Waals surface area (Å²) in [7, 11) is -3.00. The predicted octanol–water partition coefficient (Wildman–Crippen LogP) is 4.96. The van der Waals surface area contributed by atoms with Crippen molar-refractivity contribution in [1.82, 2.24) is 9.13 Å². The van der Waals surface area contributed by atoms with Crippen LogP contribution in [0.15, 0.2) is 24.3 Å². The Bertz CT molecular complexity index is 674. The van der Waals surface area contributed by atoms with E-state index < -0.39 is 16.5 Å². The lowest BCUT2D eigenvalue weighted by Crippen LogP contribution is -2.65. The predicted molar refractivity (Wildman–Crippen MR) is 116 cm³/mol. The van der Waals surface area contributed by atoms with Gasteiger partial charge in [-0.3, -0.25) is 14.5 Å². The third-order valence-corrected chi connectivity index (χ3v) is 21.4. The van der Waals surface area contributed by atoms with Gasteiger partial charge in [-0.1, -0.05) is 39.8 Å². The van der Waals surface area contributed by atoms with Gasteiger partial charge in [0.05, 0.1) is 11.1 Å². The molecule has 0 aromatic heterocycles. The van der Waals surface area contributed by atoms with Crippen molar-refractivity contribution < 1.29 is 9.59 Å². The van der Waals surface area contributed by atoms with Crippen molar-refractivity contribution in [3.8, 4) is 0 Å². The number of rotatable bonds is 7. The van der Waals surface area contributed by atoms with Gasteiger partial charge >= 0.3 is 0 Å². The maximum Gasteiger partial charge on any atom is 0.261 e. The number of benzene rings is 1. The van der Waals surface area contributed by atoms with Crippen LogP contribution in [0.2, 0.25) is 36.3 Å². The van der Waals surface area contributed by atoms with Gasteiger partial charge in [0.25, 0.3) is 11.8 Å². The van der Waals surface area contributed by atoms with Gasteiger partial charge in [0.15, 0.2) is 0 Å². The van der Waals surface area contributed by atoms with Gasteiger partial charge in [-0.15, -0.1) is 0 Å². The van der Waals surface area contributed by atoms with Crippen molar-refractivity contribution in [1.29, 1.82) is 0 Å². The van der Waals surface area contributed by atoms with Crippen LogP contribution in [-0.4, -0.2) is 50.0 Å². The minimum absolute atomic E-state index is 0.109. The number of carbonyl (C=O) groups is 2. The highest BCUT2D eigenvalue weighted by atomic mass is 28.4. The van der Waals surface area contributed by atoms with E-state index >= 15 is 0 Å². The van der Waals surface area contributed by atoms with Crippen LogP contribution in [0.25, 0.3) is 0 Å². The Hall–Kier alpha value is -1.25. The summed E-state index contributed by atoms with van der Waals surface area (Å²) in [6.07, 6.45) is 0. The molecule has 3 rings (SSSR count). The molecule has 2 amide bonds. The van der Waals surface area contributed by atoms with E-state index in [9.17, 15) is 9.59 Å². The van der Waals surface area contributed by atoms with E-state index in [4.69, 9.17) is 0 Å². The number of amides is 2. The minimum Gasteiger partial charge on any atom is -0.341 e. The van der Waals surface area contributed by atoms with Gasteiger partial charge in [0.2, 0.25) is 0 Å². The number of imide groups is 1. The Balaban J connectivity index is 1.90. The van der Waals surface area contributed by atoms with Crippen LogP contribution in [0.5, 0.6) is 0 Å². The van der Waals surface area contributed by atoms with Crippen LogP contribution >= 0.6 is 0 Å². The molecule has 2 heterocycles. The maximum atomic E-state index is 12.9. The second-order valence-electron chi connectivity index (χ2n) is 8.35. The zero-order chi connectivity index (χ0) is 19.8. The van der Waals surface area contributed by atoms with Crippen LogP contribution in [0, 0.1) is 0 Å². The molecule has 6 heteroatoms. The summed E-state index contributed by atoms with van der Waals surface area (Å²) in [5.74, 6) is -0.218. The zero-order valence-corrected chi connectivity index (χ0v) is 19.5. The van der Waals surface area contributed by atoms with Crippen LogP contribution < -0.4 is 0 Å². The molecule has 0 saturated carbocycles. The molecule has 1 fully saturated rings. The highest BCUT2D eigenvalue weighted by molar-refractivity contribution is 6.97. The maximum absolute atomic E-state index is 12.9. The van der Waals surface area contributed by atoms with Crippen molar-refractivity contribution >= 4 is 28.3 Å². The van der Waals surface area contributed by atoms with E-state index in [1.54, 1.807) is 12.1 Å². The molecular weight excluding hydrogens is 368 g/mol. The zero-order valence-electron chi connectivity index (χ0n) is 17.5. The van der Waals surface area contributed by atoms with E-state index in [-0.39, 0.29) is 17.9 Å². The smallest absolute Gasteiger partial charge is 0.261 e. The number of hydrogen-bond donors (Lipinski definition) is 0. The highest BCUT2D eigenvalue weighted by Crippen LogP contribution is 2.46. The van der Waals surface area contributed by atoms with E-state index in [0.29, 0.717) is 17.7 Å². The van der Waals surface area contributed by atoms with Crippen molar-refractivity contribution in [2.45, 2.75) is 76.9 Å². The Morgan fingerprint density at radius 2 is 1.26 bits per heavy atom. The molecule has 1 unspecified atom stereocenters. The molecule has 0 N–H and O–H groups in total. The summed E-state index contributed by atoms with van der Waals surface area (Å²) in [5, 5.41) is 0. The topological polar surface area (TPSA) is 40.6 Å². The number of nitrogens with zero attached hydrogens (tertiary/aromatic N) is 2. The van der Waals surface area contributed by atoms with Gasteiger partial charge in [-0.05, 0) is 55.3 Å². The average molecular weight is 403 g/mol. The molecule has 0 spiro atoms. The lowest BCUT2D eigenvalue weighted by molar-refractivity contribution is 0.0633. The van der Waals surface area contributed by atoms with Crippen LogP contribution in [0.3, 0.4) is 0 Å². The first-order chi connectivity index (χ1) is 12.9. The fourth-order valence-corrected chi connectivity index (χ4v) is 22.4. The van der Waals surface area contributed by atoms with Gasteiger partial charge in [-0.25, -0.2) is 0 Å². The van der Waals surface area contributed by atoms with Crippen molar-refractivity contribution in [3.05, 3.63) is 35.4 Å². The third-order valence-electron chi connectivity index (χ3n) is 7.48. The second kappa shape index (κ2) is 7.64. The Kier molecular flexibility index (Phi) is 5.80. The Labute approximate surface area is 166 Å². The fourth-order valence-electron chi connectivity index (χ4n) is 5.78. The monoisotopic (exact) mass is 402 g/mol. The molecular formula is C21H34N2O2Si2. The molecule has 1 aromatic rings. The van der Waals surface area contributed by atoms with Crippen LogP contribution in [-0.2, 0) is 0 Å². The Morgan fingerprint density at radius 3 is 1.63 bits per heavy atom. The standard InChI is InChI=1S/C21H34N2O2Si2/c1-6-26(7-2)14-15-27(8-3,9-4)23(26)17(5)16-22-20(24)18-12-10-11-13-19(18)21(22)25/h10-13,17H,6-9,14-16H2,1-5H3. The summed E-state index contributed by atoms with van der Waals surface area (Å²) in [5.41, 5.74) is 1.14. The normalized spacial score (nSPS) is 22.3. The molecule has 27 heavy (non-hydrogen) atoms. The van der Waals surface area contributed by atoms with E-state index in [1.165, 1.54) is 41.2 Å². The van der Waals surface area contributed by atoms with Crippen molar-refractivity contribution in [2.75, 3.05) is 6.54 Å². The first-order valence-electron chi connectivity index (χ1n) is 10.6. The second-order valence-corrected chi connectivity index (χ2v) is 18.5. The summed E-state index contributed by atoms with van der Waals surface area (Å²) in [4.78, 5) is 27.3. The molecule has 2 aliphatic heterocycles. The fraction of sp³-hybridized carbons (Fsp3) is 0.619. The first kappa shape index (κ1) is 20.5. The van der Waals surface area contributed by atoms with Gasteiger partial charge < -0.3 is 4.23 Å². The lowest BCUT2D eigenvalue weighted by atomic mass is 10.1. The number of carbonyl (C=O) groups excluding carboxylic acids is 2. The average Bonchev–Trinajstić information content (AvgIpc) is 3.17. The first-order valence-corrected chi connectivity index (χ1v) is 15.8. The molecule has 1 atom stereocenters. The van der Waals surface area contributed by atoms with E-state index in [0.717, 1.165) is 0 Å². The molecule has 1 saturated heterocycles. The molecule has 0 radical (unpaired) electrons. The lowest BCUT2D eigenvalue weighted by Gasteiger charge is -2.49. The quantitative estimate of drug-likeness (QED) is 0.478. The van der Waals surface area contributed by atoms with Crippen LogP contribution in [0.4, 0.5) is 0 Å². The van der Waals surface area contributed by atoms with E-state index in [2.05, 4.69) is 38.8 Å². The summed E-state index contributed by atoms with van der Waals surface area (Å²) in [6.45, 7) is 12.3. The largest absolute Gasteiger partial charge is 0.341 e. The molecule has 0 aliphatic carbocycles. The SMILES string of the molecule is CC[Si]1(CC)CC[Si](CC)(CC)N1C(C)CN1C(=O)c2ccccc2C1=O.